The second-order valence-corrected chi connectivity index (χ2v) is 4.91. The topological polar surface area (TPSA) is 58.6 Å². The molecule has 0 amide bonds. The first-order valence-electron chi connectivity index (χ1n) is 6.14. The van der Waals surface area contributed by atoms with Crippen molar-refractivity contribution in [2.45, 2.75) is 38.8 Å². The van der Waals surface area contributed by atoms with Crippen LogP contribution in [-0.4, -0.2) is 29.8 Å². The number of ether oxygens (including phenoxy) is 1. The lowest BCUT2D eigenvalue weighted by Gasteiger charge is -2.28. The minimum atomic E-state index is -1.10. The van der Waals surface area contributed by atoms with Gasteiger partial charge in [0, 0.05) is 6.42 Å². The van der Waals surface area contributed by atoms with E-state index in [4.69, 9.17) is 9.84 Å². The molecule has 0 aromatic heterocycles. The zero-order valence-corrected chi connectivity index (χ0v) is 11.7. The van der Waals surface area contributed by atoms with Crippen molar-refractivity contribution in [3.63, 3.8) is 0 Å². The first-order valence-corrected chi connectivity index (χ1v) is 6.14. The molecule has 5 heteroatoms. The van der Waals surface area contributed by atoms with E-state index in [1.165, 1.54) is 6.07 Å². The number of carboxylic acids is 1. The van der Waals surface area contributed by atoms with E-state index in [2.05, 4.69) is 5.32 Å². The average Bonchev–Trinajstić information content (AvgIpc) is 2.34. The number of rotatable bonds is 6. The van der Waals surface area contributed by atoms with Crippen LogP contribution >= 0.6 is 0 Å². The summed E-state index contributed by atoms with van der Waals surface area (Å²) in [6.45, 7) is 4.95. The molecule has 0 fully saturated rings. The molecule has 0 aliphatic carbocycles. The van der Waals surface area contributed by atoms with E-state index in [0.717, 1.165) is 0 Å². The molecule has 2 N–H and O–H groups in total. The number of likely N-dealkylation sites (N-methyl/N-ethyl adjacent to an activating group) is 1. The van der Waals surface area contributed by atoms with Crippen LogP contribution in [0.2, 0.25) is 0 Å². The molecule has 4 nitrogen and oxygen atoms in total. The van der Waals surface area contributed by atoms with Crippen molar-refractivity contribution in [2.24, 2.45) is 0 Å². The highest BCUT2D eigenvalue weighted by molar-refractivity contribution is 5.78. The molecule has 1 aromatic rings. The Labute approximate surface area is 112 Å². The minimum Gasteiger partial charge on any atom is -0.488 e. The highest BCUT2D eigenvalue weighted by atomic mass is 19.1. The van der Waals surface area contributed by atoms with E-state index in [-0.39, 0.29) is 12.2 Å². The van der Waals surface area contributed by atoms with Gasteiger partial charge in [0.1, 0.15) is 5.54 Å². The summed E-state index contributed by atoms with van der Waals surface area (Å²) in [5.74, 6) is -1.22. The number of aryl methyl sites for hydroxylation is 1. The van der Waals surface area contributed by atoms with E-state index in [1.807, 2.05) is 0 Å². The van der Waals surface area contributed by atoms with Gasteiger partial charge < -0.3 is 15.2 Å². The predicted molar refractivity (Wildman–Crippen MR) is 70.9 cm³/mol. The average molecular weight is 269 g/mol. The Hall–Kier alpha value is -1.62. The Morgan fingerprint density at radius 2 is 2.21 bits per heavy atom. The summed E-state index contributed by atoms with van der Waals surface area (Å²) in [7, 11) is 1.58. The monoisotopic (exact) mass is 269 g/mol. The van der Waals surface area contributed by atoms with Crippen molar-refractivity contribution in [3.8, 4) is 5.75 Å². The number of nitrogens with one attached hydrogen (secondary N) is 1. The SMILES string of the molecule is CNC(C)(CC(C)Oc1cccc(C)c1F)C(=O)O. The minimum absolute atomic E-state index is 0.149. The molecule has 2 unspecified atom stereocenters. The zero-order valence-electron chi connectivity index (χ0n) is 11.7. The lowest BCUT2D eigenvalue weighted by molar-refractivity contribution is -0.145. The van der Waals surface area contributed by atoms with Gasteiger partial charge in [0.05, 0.1) is 6.10 Å². The number of aliphatic carboxylic acids is 1. The quantitative estimate of drug-likeness (QED) is 0.832. The van der Waals surface area contributed by atoms with Crippen LogP contribution in [-0.2, 0) is 4.79 Å². The third kappa shape index (κ3) is 3.67. The van der Waals surface area contributed by atoms with Crippen molar-refractivity contribution >= 4 is 5.97 Å². The summed E-state index contributed by atoms with van der Waals surface area (Å²) in [4.78, 5) is 11.2. The van der Waals surface area contributed by atoms with E-state index >= 15 is 0 Å². The lowest BCUT2D eigenvalue weighted by atomic mass is 9.95. The second-order valence-electron chi connectivity index (χ2n) is 4.91. The van der Waals surface area contributed by atoms with Gasteiger partial charge in [-0.3, -0.25) is 4.79 Å². The van der Waals surface area contributed by atoms with Crippen LogP contribution in [0, 0.1) is 12.7 Å². The molecule has 1 rings (SSSR count). The molecule has 0 aliphatic heterocycles. The highest BCUT2D eigenvalue weighted by Crippen LogP contribution is 2.23. The van der Waals surface area contributed by atoms with E-state index in [0.29, 0.717) is 5.56 Å². The molecule has 0 saturated carbocycles. The molecule has 0 radical (unpaired) electrons. The number of carbonyl (C=O) groups is 1. The van der Waals surface area contributed by atoms with Crippen molar-refractivity contribution in [1.82, 2.24) is 5.32 Å². The van der Waals surface area contributed by atoms with Gasteiger partial charge in [0.15, 0.2) is 11.6 Å². The highest BCUT2D eigenvalue weighted by Gasteiger charge is 2.33. The second kappa shape index (κ2) is 6.02. The van der Waals surface area contributed by atoms with Gasteiger partial charge in [-0.05, 0) is 39.4 Å². The first-order chi connectivity index (χ1) is 8.80. The third-order valence-electron chi connectivity index (χ3n) is 3.20. The van der Waals surface area contributed by atoms with Gasteiger partial charge in [0.2, 0.25) is 0 Å². The zero-order chi connectivity index (χ0) is 14.6. The Kier molecular flexibility index (Phi) is 4.89. The Morgan fingerprint density at radius 3 is 2.74 bits per heavy atom. The predicted octanol–water partition coefficient (Wildman–Crippen LogP) is 2.35. The van der Waals surface area contributed by atoms with Crippen LogP contribution in [0.15, 0.2) is 18.2 Å². The third-order valence-corrected chi connectivity index (χ3v) is 3.20. The number of benzene rings is 1. The summed E-state index contributed by atoms with van der Waals surface area (Å²) in [5.41, 5.74) is -0.598. The van der Waals surface area contributed by atoms with E-state index in [9.17, 15) is 9.18 Å². The van der Waals surface area contributed by atoms with Crippen LogP contribution in [0.4, 0.5) is 4.39 Å². The Bertz CT molecular complexity index is 464. The van der Waals surface area contributed by atoms with Crippen molar-refractivity contribution in [2.75, 3.05) is 7.05 Å². The normalized spacial score (nSPS) is 15.6. The molecule has 106 valence electrons. The summed E-state index contributed by atoms with van der Waals surface area (Å²) < 4.78 is 19.3. The van der Waals surface area contributed by atoms with Crippen molar-refractivity contribution < 1.29 is 19.0 Å². The summed E-state index contributed by atoms with van der Waals surface area (Å²) >= 11 is 0. The molecule has 0 saturated heterocycles. The standard InChI is InChI=1S/C14H20FNO3/c1-9-6-5-7-11(12(9)15)19-10(2)8-14(3,16-4)13(17)18/h5-7,10,16H,8H2,1-4H3,(H,17,18). The van der Waals surface area contributed by atoms with Crippen molar-refractivity contribution in [3.05, 3.63) is 29.6 Å². The maximum absolute atomic E-state index is 13.8. The van der Waals surface area contributed by atoms with Crippen LogP contribution in [0.25, 0.3) is 0 Å². The van der Waals surface area contributed by atoms with Gasteiger partial charge in [0.25, 0.3) is 0 Å². The fourth-order valence-corrected chi connectivity index (χ4v) is 1.84. The first kappa shape index (κ1) is 15.4. The van der Waals surface area contributed by atoms with Gasteiger partial charge in [-0.1, -0.05) is 12.1 Å². The van der Waals surface area contributed by atoms with Gasteiger partial charge in [-0.2, -0.15) is 0 Å². The van der Waals surface area contributed by atoms with Crippen LogP contribution in [0.5, 0.6) is 5.75 Å². The molecule has 0 aliphatic rings. The fraction of sp³-hybridized carbons (Fsp3) is 0.500. The molecular weight excluding hydrogens is 249 g/mol. The smallest absolute Gasteiger partial charge is 0.323 e. The molecular formula is C14H20FNO3. The summed E-state index contributed by atoms with van der Waals surface area (Å²) in [6.07, 6.45) is -0.198. The fourth-order valence-electron chi connectivity index (χ4n) is 1.84. The molecule has 0 heterocycles. The molecule has 1 aromatic carbocycles. The lowest BCUT2D eigenvalue weighted by Crippen LogP contribution is -2.50. The number of hydrogen-bond donors (Lipinski definition) is 2. The van der Waals surface area contributed by atoms with Crippen LogP contribution < -0.4 is 10.1 Å². The maximum Gasteiger partial charge on any atom is 0.323 e. The van der Waals surface area contributed by atoms with E-state index in [1.54, 1.807) is 40.0 Å². The molecule has 2 atom stereocenters. The summed E-state index contributed by atoms with van der Waals surface area (Å²) in [6, 6.07) is 4.90. The number of hydrogen-bond acceptors (Lipinski definition) is 3. The largest absolute Gasteiger partial charge is 0.488 e. The molecule has 19 heavy (non-hydrogen) atoms. The summed E-state index contributed by atoms with van der Waals surface area (Å²) in [5, 5.41) is 11.9. The van der Waals surface area contributed by atoms with Crippen LogP contribution in [0.1, 0.15) is 25.8 Å². The molecule has 0 bridgehead atoms. The van der Waals surface area contributed by atoms with Gasteiger partial charge in [-0.15, -0.1) is 0 Å². The maximum atomic E-state index is 13.8. The van der Waals surface area contributed by atoms with Gasteiger partial charge >= 0.3 is 5.97 Å². The Balaban J connectivity index is 2.78. The van der Waals surface area contributed by atoms with Crippen LogP contribution in [0.3, 0.4) is 0 Å². The van der Waals surface area contributed by atoms with Gasteiger partial charge in [-0.25, -0.2) is 4.39 Å². The van der Waals surface area contributed by atoms with E-state index < -0.39 is 23.4 Å². The molecule has 0 spiro atoms. The number of halogens is 1. The Morgan fingerprint density at radius 1 is 1.58 bits per heavy atom. The van der Waals surface area contributed by atoms with Crippen molar-refractivity contribution in [1.29, 1.82) is 0 Å². The number of carboxylic acid groups (broad SMARTS) is 1.